The van der Waals surface area contributed by atoms with Crippen LogP contribution in [0.5, 0.6) is 0 Å². The molecule has 0 unspecified atom stereocenters. The van der Waals surface area contributed by atoms with Crippen LogP contribution in [0, 0.1) is 0 Å². The number of rotatable bonds is 6. The van der Waals surface area contributed by atoms with Crippen LogP contribution in [0.2, 0.25) is 0 Å². The van der Waals surface area contributed by atoms with E-state index < -0.39 is 16.0 Å². The second-order valence-corrected chi connectivity index (χ2v) is 7.79. The van der Waals surface area contributed by atoms with Crippen LogP contribution in [-0.2, 0) is 21.4 Å². The van der Waals surface area contributed by atoms with Gasteiger partial charge in [0.05, 0.1) is 5.25 Å². The van der Waals surface area contributed by atoms with Gasteiger partial charge in [0, 0.05) is 17.5 Å². The molecule has 1 saturated carbocycles. The minimum atomic E-state index is -3.27. The molecule has 2 rings (SSSR count). The molecule has 20 heavy (non-hydrogen) atoms. The fourth-order valence-corrected chi connectivity index (χ4v) is 4.72. The van der Waals surface area contributed by atoms with Crippen LogP contribution in [0.15, 0.2) is 17.5 Å². The van der Waals surface area contributed by atoms with Crippen molar-refractivity contribution in [3.8, 4) is 0 Å². The van der Waals surface area contributed by atoms with E-state index in [1.165, 1.54) is 17.4 Å². The topological polar surface area (TPSA) is 83.5 Å². The smallest absolute Gasteiger partial charge is 0.328 e. The van der Waals surface area contributed by atoms with E-state index >= 15 is 0 Å². The van der Waals surface area contributed by atoms with Crippen LogP contribution in [0.25, 0.3) is 6.08 Å². The molecule has 2 N–H and O–H groups in total. The third-order valence-corrected chi connectivity index (χ3v) is 6.19. The van der Waals surface area contributed by atoms with Gasteiger partial charge in [0.2, 0.25) is 10.0 Å². The molecule has 1 aliphatic rings. The molecular weight excluding hydrogens is 298 g/mol. The maximum atomic E-state index is 12.1. The Kier molecular flexibility index (Phi) is 4.95. The van der Waals surface area contributed by atoms with Crippen LogP contribution in [-0.4, -0.2) is 24.7 Å². The first-order valence-corrected chi connectivity index (χ1v) is 8.87. The van der Waals surface area contributed by atoms with Crippen molar-refractivity contribution in [1.29, 1.82) is 0 Å². The van der Waals surface area contributed by atoms with Gasteiger partial charge < -0.3 is 5.11 Å². The molecule has 0 amide bonds. The molecule has 0 radical (unpaired) electrons. The lowest BCUT2D eigenvalue weighted by Crippen LogP contribution is -2.32. The van der Waals surface area contributed by atoms with Crippen molar-refractivity contribution in [2.75, 3.05) is 0 Å². The quantitative estimate of drug-likeness (QED) is 0.788. The highest BCUT2D eigenvalue weighted by Crippen LogP contribution is 2.25. The Bertz CT molecular complexity index is 598. The van der Waals surface area contributed by atoms with Crippen LogP contribution in [0.3, 0.4) is 0 Å². The lowest BCUT2D eigenvalue weighted by atomic mass is 10.2. The molecule has 1 aromatic rings. The number of carboxylic acid groups (broad SMARTS) is 1. The first-order valence-electron chi connectivity index (χ1n) is 6.45. The molecule has 1 heterocycles. The molecule has 1 aromatic heterocycles. The number of hydrogen-bond donors (Lipinski definition) is 2. The second-order valence-electron chi connectivity index (χ2n) is 4.74. The van der Waals surface area contributed by atoms with Crippen molar-refractivity contribution < 1.29 is 18.3 Å². The summed E-state index contributed by atoms with van der Waals surface area (Å²) in [7, 11) is -3.27. The van der Waals surface area contributed by atoms with Crippen molar-refractivity contribution in [1.82, 2.24) is 4.72 Å². The number of sulfonamides is 1. The van der Waals surface area contributed by atoms with Gasteiger partial charge in [-0.25, -0.2) is 17.9 Å². The zero-order valence-corrected chi connectivity index (χ0v) is 12.5. The van der Waals surface area contributed by atoms with Gasteiger partial charge in [-0.3, -0.25) is 0 Å². The normalized spacial score (nSPS) is 17.0. The summed E-state index contributed by atoms with van der Waals surface area (Å²) >= 11 is 1.41. The highest BCUT2D eigenvalue weighted by molar-refractivity contribution is 7.90. The fourth-order valence-electron chi connectivity index (χ4n) is 2.29. The van der Waals surface area contributed by atoms with E-state index in [1.807, 2.05) is 5.38 Å². The van der Waals surface area contributed by atoms with Gasteiger partial charge >= 0.3 is 5.97 Å². The average Bonchev–Trinajstić information content (AvgIpc) is 3.05. The fraction of sp³-hybridized carbons (Fsp3) is 0.462. The zero-order chi connectivity index (χ0) is 14.6. The van der Waals surface area contributed by atoms with Crippen molar-refractivity contribution in [3.05, 3.63) is 28.0 Å². The van der Waals surface area contributed by atoms with E-state index in [9.17, 15) is 13.2 Å². The Balaban J connectivity index is 2.00. The summed E-state index contributed by atoms with van der Waals surface area (Å²) in [5.74, 6) is -1.02. The van der Waals surface area contributed by atoms with E-state index in [0.29, 0.717) is 0 Å². The summed E-state index contributed by atoms with van der Waals surface area (Å²) in [6.45, 7) is 0.218. The summed E-state index contributed by atoms with van der Waals surface area (Å²) in [6, 6.07) is 1.78. The monoisotopic (exact) mass is 315 g/mol. The average molecular weight is 315 g/mol. The van der Waals surface area contributed by atoms with Crippen LogP contribution in [0.4, 0.5) is 0 Å². The van der Waals surface area contributed by atoms with Crippen LogP contribution < -0.4 is 4.72 Å². The van der Waals surface area contributed by atoms with Crippen LogP contribution in [0.1, 0.15) is 36.1 Å². The first kappa shape index (κ1) is 15.2. The van der Waals surface area contributed by atoms with Gasteiger partial charge in [-0.15, -0.1) is 11.3 Å². The summed E-state index contributed by atoms with van der Waals surface area (Å²) in [4.78, 5) is 11.3. The van der Waals surface area contributed by atoms with Crippen molar-refractivity contribution in [2.45, 2.75) is 37.5 Å². The highest BCUT2D eigenvalue weighted by Gasteiger charge is 2.28. The standard InChI is InChI=1S/C13H17NO4S2/c15-13(16)6-5-10-7-8-19-12(10)9-14-20(17,18)11-3-1-2-4-11/h5-8,11,14H,1-4,9H2,(H,15,16)/b6-5+. The predicted molar refractivity (Wildman–Crippen MR) is 79.0 cm³/mol. The van der Waals surface area contributed by atoms with E-state index in [4.69, 9.17) is 5.11 Å². The minimum absolute atomic E-state index is 0.218. The Morgan fingerprint density at radius 1 is 1.45 bits per heavy atom. The molecule has 1 aliphatic carbocycles. The minimum Gasteiger partial charge on any atom is -0.478 e. The highest BCUT2D eigenvalue weighted by atomic mass is 32.2. The molecule has 1 fully saturated rings. The number of aliphatic carboxylic acids is 1. The van der Waals surface area contributed by atoms with E-state index in [0.717, 1.165) is 42.2 Å². The van der Waals surface area contributed by atoms with Crippen molar-refractivity contribution in [3.63, 3.8) is 0 Å². The number of carbonyl (C=O) groups is 1. The molecule has 7 heteroatoms. The van der Waals surface area contributed by atoms with Gasteiger partial charge in [0.1, 0.15) is 0 Å². The number of thiophene rings is 1. The maximum absolute atomic E-state index is 12.1. The molecular formula is C13H17NO4S2. The number of hydrogen-bond acceptors (Lipinski definition) is 4. The Morgan fingerprint density at radius 3 is 2.80 bits per heavy atom. The molecule has 5 nitrogen and oxygen atoms in total. The SMILES string of the molecule is O=C(O)/C=C/c1ccsc1CNS(=O)(=O)C1CCCC1. The van der Waals surface area contributed by atoms with Gasteiger partial charge in [-0.1, -0.05) is 12.8 Å². The Hall–Kier alpha value is -1.18. The van der Waals surface area contributed by atoms with E-state index in [2.05, 4.69) is 4.72 Å². The number of nitrogens with one attached hydrogen (secondary N) is 1. The van der Waals surface area contributed by atoms with Gasteiger partial charge in [0.25, 0.3) is 0 Å². The zero-order valence-electron chi connectivity index (χ0n) is 10.9. The first-order chi connectivity index (χ1) is 9.49. The summed E-state index contributed by atoms with van der Waals surface area (Å²) in [5, 5.41) is 10.2. The predicted octanol–water partition coefficient (Wildman–Crippen LogP) is 2.21. The molecule has 110 valence electrons. The molecule has 0 bridgehead atoms. The third kappa shape index (κ3) is 3.91. The number of carboxylic acids is 1. The molecule has 0 aromatic carbocycles. The molecule has 0 spiro atoms. The Labute approximate surface area is 122 Å². The largest absolute Gasteiger partial charge is 0.478 e. The Morgan fingerprint density at radius 2 is 2.15 bits per heavy atom. The molecule has 0 saturated heterocycles. The summed E-state index contributed by atoms with van der Waals surface area (Å²) in [6.07, 6.45) is 5.93. The van der Waals surface area contributed by atoms with Crippen molar-refractivity contribution in [2.24, 2.45) is 0 Å². The third-order valence-electron chi connectivity index (χ3n) is 3.36. The van der Waals surface area contributed by atoms with Gasteiger partial charge in [-0.2, -0.15) is 0 Å². The molecule has 0 atom stereocenters. The van der Waals surface area contributed by atoms with E-state index in [-0.39, 0.29) is 11.8 Å². The van der Waals surface area contributed by atoms with Gasteiger partial charge in [-0.05, 0) is 35.9 Å². The van der Waals surface area contributed by atoms with E-state index in [1.54, 1.807) is 6.07 Å². The summed E-state index contributed by atoms with van der Waals surface area (Å²) in [5.41, 5.74) is 0.742. The lowest BCUT2D eigenvalue weighted by molar-refractivity contribution is -0.131. The van der Waals surface area contributed by atoms with Crippen molar-refractivity contribution >= 4 is 33.4 Å². The molecule has 0 aliphatic heterocycles. The van der Waals surface area contributed by atoms with Gasteiger partial charge in [0.15, 0.2) is 0 Å². The second kappa shape index (κ2) is 6.51. The van der Waals surface area contributed by atoms with Crippen LogP contribution >= 0.6 is 11.3 Å². The summed E-state index contributed by atoms with van der Waals surface area (Å²) < 4.78 is 26.8. The lowest BCUT2D eigenvalue weighted by Gasteiger charge is -2.12. The maximum Gasteiger partial charge on any atom is 0.328 e.